The van der Waals surface area contributed by atoms with Gasteiger partial charge in [-0.15, -0.1) is 18.5 Å². The third kappa shape index (κ3) is 2.28. The van der Waals surface area contributed by atoms with E-state index in [4.69, 9.17) is 12.4 Å². The van der Waals surface area contributed by atoms with Crippen molar-refractivity contribution in [2.75, 3.05) is 0 Å². The Balaban J connectivity index is 2.92. The lowest BCUT2D eigenvalue weighted by atomic mass is 10.0. The molecule has 2 atom stereocenters. The molecule has 1 heterocycles. The zero-order valence-electron chi connectivity index (χ0n) is 7.11. The molecule has 0 aliphatic rings. The normalized spacial score (nSPS) is 12.4. The van der Waals surface area contributed by atoms with E-state index in [9.17, 15) is 0 Å². The van der Waals surface area contributed by atoms with E-state index in [0.717, 1.165) is 0 Å². The number of rotatable bonds is 2. The van der Waals surface area contributed by atoms with Crippen molar-refractivity contribution >= 4 is 26.3 Å². The van der Waals surface area contributed by atoms with Gasteiger partial charge in [-0.25, -0.2) is 0 Å². The van der Waals surface area contributed by atoms with Gasteiger partial charge in [0.1, 0.15) is 0 Å². The van der Waals surface area contributed by atoms with Crippen LogP contribution in [0.5, 0.6) is 0 Å². The third-order valence-electron chi connectivity index (χ3n) is 1.33. The van der Waals surface area contributed by atoms with Gasteiger partial charge in [-0.1, -0.05) is 19.0 Å². The summed E-state index contributed by atoms with van der Waals surface area (Å²) < 4.78 is 4.96. The molecular formula is C6H11BN2OP2. The van der Waals surface area contributed by atoms with E-state index >= 15 is 0 Å². The molecular weight excluding hydrogens is 189 g/mol. The van der Waals surface area contributed by atoms with E-state index in [1.165, 1.54) is 0 Å². The van der Waals surface area contributed by atoms with Gasteiger partial charge in [-0.2, -0.15) is 4.98 Å². The Bertz CT molecular complexity index is 269. The van der Waals surface area contributed by atoms with Crippen LogP contribution in [0.2, 0.25) is 0 Å². The van der Waals surface area contributed by atoms with Crippen molar-refractivity contribution in [2.24, 2.45) is 0 Å². The number of hydrogen-bond donors (Lipinski definition) is 0. The molecule has 0 N–H and O–H groups in total. The molecule has 6 heteroatoms. The molecule has 1 rings (SSSR count). The Labute approximate surface area is 77.9 Å². The van der Waals surface area contributed by atoms with Crippen LogP contribution in [0.25, 0.3) is 0 Å². The second-order valence-corrected chi connectivity index (χ2v) is 5.62. The topological polar surface area (TPSA) is 38.9 Å². The van der Waals surface area contributed by atoms with Crippen molar-refractivity contribution in [1.82, 2.24) is 10.1 Å². The summed E-state index contributed by atoms with van der Waals surface area (Å²) in [7, 11) is 10.5. The second-order valence-electron chi connectivity index (χ2n) is 3.05. The summed E-state index contributed by atoms with van der Waals surface area (Å²) in [5.74, 6) is 1.37. The predicted molar refractivity (Wildman–Crippen MR) is 55.2 cm³/mol. The Morgan fingerprint density at radius 3 is 2.33 bits per heavy atom. The molecule has 0 saturated heterocycles. The minimum Gasteiger partial charge on any atom is -0.339 e. The Hall–Kier alpha value is 0.0649. The first kappa shape index (κ1) is 10.1. The Morgan fingerprint density at radius 2 is 2.08 bits per heavy atom. The van der Waals surface area contributed by atoms with Gasteiger partial charge >= 0.3 is 0 Å². The highest BCUT2D eigenvalue weighted by molar-refractivity contribution is 7.42. The van der Waals surface area contributed by atoms with E-state index in [0.29, 0.717) is 11.7 Å². The first-order valence-electron chi connectivity index (χ1n) is 3.62. The summed E-state index contributed by atoms with van der Waals surface area (Å²) in [4.78, 5) is 3.43. The fraction of sp³-hybridized carbons (Fsp3) is 0.667. The highest BCUT2D eigenvalue weighted by Gasteiger charge is 2.22. The maximum Gasteiger partial charge on any atom is 0.231 e. The first-order chi connectivity index (χ1) is 5.41. The zero-order chi connectivity index (χ0) is 9.35. The van der Waals surface area contributed by atoms with Gasteiger partial charge < -0.3 is 4.52 Å². The van der Waals surface area contributed by atoms with Crippen LogP contribution in [0.4, 0.5) is 0 Å². The molecule has 1 aromatic rings. The van der Waals surface area contributed by atoms with Crippen LogP contribution in [0.15, 0.2) is 4.52 Å². The molecule has 0 bridgehead atoms. The summed E-state index contributed by atoms with van der Waals surface area (Å²) in [6, 6.07) is 0. The summed E-state index contributed by atoms with van der Waals surface area (Å²) in [5.41, 5.74) is 0. The van der Waals surface area contributed by atoms with E-state index < -0.39 is 4.80 Å². The maximum absolute atomic E-state index is 5.70. The van der Waals surface area contributed by atoms with Crippen molar-refractivity contribution in [2.45, 2.75) is 24.6 Å². The fourth-order valence-electron chi connectivity index (χ4n) is 0.645. The van der Waals surface area contributed by atoms with Crippen LogP contribution in [0.3, 0.4) is 0 Å². The smallest absolute Gasteiger partial charge is 0.231 e. The van der Waals surface area contributed by atoms with Gasteiger partial charge in [0.15, 0.2) is 5.82 Å². The van der Waals surface area contributed by atoms with E-state index in [2.05, 4.69) is 28.6 Å². The highest BCUT2D eigenvalue weighted by atomic mass is 31.1. The minimum atomic E-state index is -0.708. The van der Waals surface area contributed by atoms with Gasteiger partial charge in [0.2, 0.25) is 5.89 Å². The van der Waals surface area contributed by atoms with E-state index in [1.54, 1.807) is 0 Å². The molecule has 0 aliphatic carbocycles. The molecule has 0 amide bonds. The van der Waals surface area contributed by atoms with Gasteiger partial charge in [-0.05, 0) is 0 Å². The molecule has 12 heavy (non-hydrogen) atoms. The molecule has 0 saturated carbocycles. The molecule has 0 aromatic carbocycles. The maximum atomic E-state index is 5.70. The number of aromatic nitrogens is 2. The average molecular weight is 200 g/mol. The molecule has 2 unspecified atom stereocenters. The van der Waals surface area contributed by atoms with Gasteiger partial charge in [0, 0.05) is 10.7 Å². The fourth-order valence-corrected chi connectivity index (χ4v) is 0.880. The van der Waals surface area contributed by atoms with E-state index in [-0.39, 0.29) is 5.92 Å². The van der Waals surface area contributed by atoms with Crippen molar-refractivity contribution in [3.05, 3.63) is 11.7 Å². The quantitative estimate of drug-likeness (QED) is 0.532. The zero-order valence-corrected chi connectivity index (χ0v) is 9.42. The molecule has 0 aliphatic heterocycles. The summed E-state index contributed by atoms with van der Waals surface area (Å²) in [5, 5.41) is 3.79. The largest absolute Gasteiger partial charge is 0.339 e. The molecule has 1 aromatic heterocycles. The lowest BCUT2D eigenvalue weighted by Crippen LogP contribution is -2.08. The predicted octanol–water partition coefficient (Wildman–Crippen LogP) is 1.22. The van der Waals surface area contributed by atoms with Crippen LogP contribution < -0.4 is 0 Å². The summed E-state index contributed by atoms with van der Waals surface area (Å²) in [6.07, 6.45) is 0. The molecule has 2 radical (unpaired) electrons. The molecule has 0 spiro atoms. The SMILES string of the molecule is [B]C(P)(P)c1nc(C(C)C)no1. The van der Waals surface area contributed by atoms with Crippen LogP contribution in [-0.4, -0.2) is 18.0 Å². The standard InChI is InChI=1S/C6H11BN2OP2/c1-3(2)4-8-5(10-9-4)6(7,11)12/h3H,11-12H2,1-2H3. The molecule has 64 valence electrons. The highest BCUT2D eigenvalue weighted by Crippen LogP contribution is 2.33. The lowest BCUT2D eigenvalue weighted by Gasteiger charge is -2.10. The monoisotopic (exact) mass is 200 g/mol. The average Bonchev–Trinajstić information content (AvgIpc) is 2.30. The molecule has 0 fully saturated rings. The van der Waals surface area contributed by atoms with Crippen molar-refractivity contribution < 1.29 is 4.52 Å². The van der Waals surface area contributed by atoms with Gasteiger partial charge in [0.05, 0.1) is 7.85 Å². The third-order valence-corrected chi connectivity index (χ3v) is 1.82. The van der Waals surface area contributed by atoms with Crippen LogP contribution >= 0.6 is 18.5 Å². The summed E-state index contributed by atoms with van der Waals surface area (Å²) >= 11 is 0. The van der Waals surface area contributed by atoms with Crippen LogP contribution in [0, 0.1) is 0 Å². The summed E-state index contributed by atoms with van der Waals surface area (Å²) in [6.45, 7) is 4.00. The van der Waals surface area contributed by atoms with Crippen molar-refractivity contribution in [3.8, 4) is 0 Å². The number of hydrogen-bond acceptors (Lipinski definition) is 3. The van der Waals surface area contributed by atoms with Crippen molar-refractivity contribution in [3.63, 3.8) is 0 Å². The van der Waals surface area contributed by atoms with Gasteiger partial charge in [0.25, 0.3) is 0 Å². The Kier molecular flexibility index (Phi) is 2.90. The van der Waals surface area contributed by atoms with Crippen LogP contribution in [0.1, 0.15) is 31.5 Å². The first-order valence-corrected chi connectivity index (χ1v) is 4.77. The molecule has 3 nitrogen and oxygen atoms in total. The van der Waals surface area contributed by atoms with E-state index in [1.807, 2.05) is 13.8 Å². The van der Waals surface area contributed by atoms with Crippen LogP contribution in [-0.2, 0) is 4.80 Å². The second kappa shape index (κ2) is 3.43. The Morgan fingerprint density at radius 1 is 1.50 bits per heavy atom. The van der Waals surface area contributed by atoms with Gasteiger partial charge in [-0.3, -0.25) is 0 Å². The lowest BCUT2D eigenvalue weighted by molar-refractivity contribution is 0.376. The van der Waals surface area contributed by atoms with Crippen molar-refractivity contribution in [1.29, 1.82) is 0 Å². The number of nitrogens with zero attached hydrogens (tertiary/aromatic N) is 2. The minimum absolute atomic E-state index is 0.264.